The number of hydrogen-bond donors (Lipinski definition) is 1. The van der Waals surface area contributed by atoms with Gasteiger partial charge in [-0.2, -0.15) is 0 Å². The molecule has 1 N–H and O–H groups in total. The Balaban J connectivity index is 2.24. The van der Waals surface area contributed by atoms with E-state index in [2.05, 4.69) is 55.0 Å². The van der Waals surface area contributed by atoms with Gasteiger partial charge in [0, 0.05) is 23.6 Å². The molecule has 2 aromatic rings. The van der Waals surface area contributed by atoms with Gasteiger partial charge in [-0.25, -0.2) is 0 Å². The predicted octanol–water partition coefficient (Wildman–Crippen LogP) is 3.03. The van der Waals surface area contributed by atoms with Crippen molar-refractivity contribution in [1.29, 1.82) is 0 Å². The second-order valence-electron chi connectivity index (χ2n) is 4.60. The van der Waals surface area contributed by atoms with Crippen molar-refractivity contribution in [3.05, 3.63) is 35.5 Å². The number of hydrogen-bond acceptors (Lipinski definition) is 1. The lowest BCUT2D eigenvalue weighted by molar-refractivity contribution is 0.671. The first-order chi connectivity index (χ1) is 8.25. The van der Waals surface area contributed by atoms with E-state index in [-0.39, 0.29) is 0 Å². The maximum Gasteiger partial charge on any atom is 0.0482 e. The molecule has 2 heteroatoms. The molecular weight excluding hydrogens is 208 g/mol. The van der Waals surface area contributed by atoms with E-state index in [1.165, 1.54) is 35.0 Å². The Morgan fingerprint density at radius 2 is 2.00 bits per heavy atom. The van der Waals surface area contributed by atoms with E-state index in [4.69, 9.17) is 0 Å². The highest BCUT2D eigenvalue weighted by Crippen LogP contribution is 2.25. The average molecular weight is 230 g/mol. The Kier molecular flexibility index (Phi) is 3.85. The maximum atomic E-state index is 3.39. The van der Waals surface area contributed by atoms with Crippen molar-refractivity contribution >= 4 is 10.9 Å². The van der Waals surface area contributed by atoms with Crippen LogP contribution in [0.2, 0.25) is 0 Å². The van der Waals surface area contributed by atoms with E-state index in [1.807, 2.05) is 0 Å². The number of nitrogens with zero attached hydrogens (tertiary/aromatic N) is 1. The fraction of sp³-hybridized carbons (Fsp3) is 0.467. The minimum atomic E-state index is 1.06. The van der Waals surface area contributed by atoms with Crippen molar-refractivity contribution in [1.82, 2.24) is 9.88 Å². The van der Waals surface area contributed by atoms with Crippen LogP contribution in [0, 0.1) is 6.92 Å². The smallest absolute Gasteiger partial charge is 0.0482 e. The van der Waals surface area contributed by atoms with Crippen molar-refractivity contribution < 1.29 is 0 Å². The summed E-state index contributed by atoms with van der Waals surface area (Å²) in [4.78, 5) is 0. The lowest BCUT2D eigenvalue weighted by atomic mass is 10.1. The quantitative estimate of drug-likeness (QED) is 0.781. The molecule has 0 radical (unpaired) electrons. The first-order valence-corrected chi connectivity index (χ1v) is 6.49. The lowest BCUT2D eigenvalue weighted by Crippen LogP contribution is -2.14. The molecule has 0 aliphatic carbocycles. The zero-order valence-corrected chi connectivity index (χ0v) is 11.1. The van der Waals surface area contributed by atoms with E-state index in [0.717, 1.165) is 13.1 Å². The van der Waals surface area contributed by atoms with E-state index in [9.17, 15) is 0 Å². The summed E-state index contributed by atoms with van der Waals surface area (Å²) < 4.78 is 2.30. The van der Waals surface area contributed by atoms with Crippen LogP contribution in [0.15, 0.2) is 24.3 Å². The fourth-order valence-corrected chi connectivity index (χ4v) is 2.48. The molecule has 92 valence electrons. The standard InChI is InChI=1S/C15H22N2/c1-4-16-11-7-9-13-12(2)17(3)15-10-6-5-8-14(13)15/h5-6,8,10,16H,4,7,9,11H2,1-3H3. The summed E-state index contributed by atoms with van der Waals surface area (Å²) in [6.07, 6.45) is 2.38. The topological polar surface area (TPSA) is 17.0 Å². The van der Waals surface area contributed by atoms with Gasteiger partial charge in [0.2, 0.25) is 0 Å². The minimum Gasteiger partial charge on any atom is -0.348 e. The summed E-state index contributed by atoms with van der Waals surface area (Å²) in [5.74, 6) is 0. The third-order valence-electron chi connectivity index (χ3n) is 3.56. The molecule has 1 aromatic heterocycles. The molecule has 0 spiro atoms. The minimum absolute atomic E-state index is 1.06. The fourth-order valence-electron chi connectivity index (χ4n) is 2.48. The van der Waals surface area contributed by atoms with E-state index < -0.39 is 0 Å². The molecule has 2 nitrogen and oxygen atoms in total. The molecule has 0 saturated heterocycles. The molecule has 2 rings (SSSR count). The second-order valence-corrected chi connectivity index (χ2v) is 4.60. The first-order valence-electron chi connectivity index (χ1n) is 6.49. The van der Waals surface area contributed by atoms with Gasteiger partial charge in [0.15, 0.2) is 0 Å². The molecule has 0 unspecified atom stereocenters. The Morgan fingerprint density at radius 3 is 2.76 bits per heavy atom. The van der Waals surface area contributed by atoms with E-state index in [0.29, 0.717) is 0 Å². The van der Waals surface area contributed by atoms with Gasteiger partial charge in [0.1, 0.15) is 0 Å². The Bertz CT molecular complexity index is 497. The highest BCUT2D eigenvalue weighted by molar-refractivity contribution is 5.85. The average Bonchev–Trinajstić information content (AvgIpc) is 2.60. The van der Waals surface area contributed by atoms with Gasteiger partial charge >= 0.3 is 0 Å². The number of para-hydroxylation sites is 1. The van der Waals surface area contributed by atoms with Crippen molar-refractivity contribution in [3.8, 4) is 0 Å². The summed E-state index contributed by atoms with van der Waals surface area (Å²) in [6.45, 7) is 6.55. The molecule has 0 fully saturated rings. The maximum absolute atomic E-state index is 3.39. The normalized spacial score (nSPS) is 11.2. The summed E-state index contributed by atoms with van der Waals surface area (Å²) in [7, 11) is 2.16. The van der Waals surface area contributed by atoms with Crippen LogP contribution in [0.5, 0.6) is 0 Å². The van der Waals surface area contributed by atoms with Crippen LogP contribution in [-0.2, 0) is 13.5 Å². The molecule has 0 bridgehead atoms. The molecule has 1 heterocycles. The number of rotatable bonds is 5. The monoisotopic (exact) mass is 230 g/mol. The van der Waals surface area contributed by atoms with Crippen LogP contribution in [-0.4, -0.2) is 17.7 Å². The zero-order chi connectivity index (χ0) is 12.3. The molecule has 0 atom stereocenters. The largest absolute Gasteiger partial charge is 0.348 e. The molecule has 0 aliphatic heterocycles. The Hall–Kier alpha value is -1.28. The highest BCUT2D eigenvalue weighted by Gasteiger charge is 2.10. The SMILES string of the molecule is CCNCCCc1c(C)n(C)c2ccccc12. The lowest BCUT2D eigenvalue weighted by Gasteiger charge is -2.03. The van der Waals surface area contributed by atoms with Crippen LogP contribution in [0.3, 0.4) is 0 Å². The molecule has 0 aliphatic rings. The van der Waals surface area contributed by atoms with Crippen molar-refractivity contribution in [3.63, 3.8) is 0 Å². The van der Waals surface area contributed by atoms with Crippen molar-refractivity contribution in [2.75, 3.05) is 13.1 Å². The summed E-state index contributed by atoms with van der Waals surface area (Å²) >= 11 is 0. The van der Waals surface area contributed by atoms with Gasteiger partial charge < -0.3 is 9.88 Å². The number of nitrogens with one attached hydrogen (secondary N) is 1. The number of aryl methyl sites for hydroxylation is 2. The van der Waals surface area contributed by atoms with Crippen LogP contribution < -0.4 is 5.32 Å². The molecule has 1 aromatic carbocycles. The third kappa shape index (κ3) is 2.37. The first kappa shape index (κ1) is 12.2. The Labute approximate surface area is 104 Å². The summed E-state index contributed by atoms with van der Waals surface area (Å²) in [6, 6.07) is 8.70. The van der Waals surface area contributed by atoms with E-state index in [1.54, 1.807) is 0 Å². The van der Waals surface area contributed by atoms with Gasteiger partial charge in [0.25, 0.3) is 0 Å². The second kappa shape index (κ2) is 5.37. The molecule has 17 heavy (non-hydrogen) atoms. The number of benzene rings is 1. The van der Waals surface area contributed by atoms with E-state index >= 15 is 0 Å². The summed E-state index contributed by atoms with van der Waals surface area (Å²) in [5, 5.41) is 4.81. The van der Waals surface area contributed by atoms with Crippen LogP contribution >= 0.6 is 0 Å². The Morgan fingerprint density at radius 1 is 1.24 bits per heavy atom. The highest BCUT2D eigenvalue weighted by atomic mass is 14.9. The van der Waals surface area contributed by atoms with Crippen LogP contribution in [0.4, 0.5) is 0 Å². The van der Waals surface area contributed by atoms with Gasteiger partial charge in [0.05, 0.1) is 0 Å². The van der Waals surface area contributed by atoms with Crippen molar-refractivity contribution in [2.45, 2.75) is 26.7 Å². The van der Waals surface area contributed by atoms with Gasteiger partial charge in [-0.05, 0) is 44.5 Å². The summed E-state index contributed by atoms with van der Waals surface area (Å²) in [5.41, 5.74) is 4.27. The van der Waals surface area contributed by atoms with Crippen molar-refractivity contribution in [2.24, 2.45) is 7.05 Å². The zero-order valence-electron chi connectivity index (χ0n) is 11.1. The third-order valence-corrected chi connectivity index (χ3v) is 3.56. The van der Waals surface area contributed by atoms with Crippen LogP contribution in [0.1, 0.15) is 24.6 Å². The molecule has 0 saturated carbocycles. The van der Waals surface area contributed by atoms with Gasteiger partial charge in [-0.15, -0.1) is 0 Å². The molecule has 0 amide bonds. The number of fused-ring (bicyclic) bond motifs is 1. The van der Waals surface area contributed by atoms with Gasteiger partial charge in [-0.1, -0.05) is 25.1 Å². The number of aromatic nitrogens is 1. The van der Waals surface area contributed by atoms with Crippen LogP contribution in [0.25, 0.3) is 10.9 Å². The van der Waals surface area contributed by atoms with Gasteiger partial charge in [-0.3, -0.25) is 0 Å². The predicted molar refractivity (Wildman–Crippen MR) is 74.5 cm³/mol. The molecular formula is C15H22N2.